The van der Waals surface area contributed by atoms with Crippen LogP contribution in [-0.2, 0) is 11.2 Å². The number of nitrogens with one attached hydrogen (secondary N) is 1. The predicted molar refractivity (Wildman–Crippen MR) is 116 cm³/mol. The van der Waals surface area contributed by atoms with Crippen LogP contribution in [0.1, 0.15) is 18.3 Å². The Hall–Kier alpha value is -3.26. The van der Waals surface area contributed by atoms with Gasteiger partial charge >= 0.3 is 0 Å². The van der Waals surface area contributed by atoms with Gasteiger partial charge in [0.25, 0.3) is 0 Å². The van der Waals surface area contributed by atoms with Gasteiger partial charge in [-0.15, -0.1) is 0 Å². The highest BCUT2D eigenvalue weighted by Crippen LogP contribution is 2.38. The summed E-state index contributed by atoms with van der Waals surface area (Å²) in [6.07, 6.45) is 2.25. The van der Waals surface area contributed by atoms with Gasteiger partial charge in [-0.2, -0.15) is 0 Å². The molecule has 0 radical (unpaired) electrons. The van der Waals surface area contributed by atoms with E-state index in [0.717, 1.165) is 21.2 Å². The second-order valence-corrected chi connectivity index (χ2v) is 7.43. The van der Waals surface area contributed by atoms with Crippen molar-refractivity contribution >= 4 is 23.4 Å². The quantitative estimate of drug-likeness (QED) is 0.542. The predicted octanol–water partition coefficient (Wildman–Crippen LogP) is 4.20. The summed E-state index contributed by atoms with van der Waals surface area (Å²) in [6.45, 7) is 1.49. The Balaban J connectivity index is 1.80. The Labute approximate surface area is 179 Å². The van der Waals surface area contributed by atoms with Gasteiger partial charge in [0.15, 0.2) is 11.5 Å². The number of hydrogen-bond donors (Lipinski definition) is 1. The van der Waals surface area contributed by atoms with Crippen molar-refractivity contribution in [3.63, 3.8) is 0 Å². The molecule has 0 spiro atoms. The molecule has 0 saturated heterocycles. The summed E-state index contributed by atoms with van der Waals surface area (Å²) >= 11 is 1.50. The van der Waals surface area contributed by atoms with Gasteiger partial charge in [-0.05, 0) is 42.0 Å². The van der Waals surface area contributed by atoms with E-state index in [1.807, 2.05) is 42.5 Å². The average molecular weight is 426 g/mol. The number of anilines is 1. The van der Waals surface area contributed by atoms with E-state index in [0.29, 0.717) is 29.5 Å². The van der Waals surface area contributed by atoms with Crippen LogP contribution in [0.15, 0.2) is 58.6 Å². The number of aromatic nitrogens is 2. The highest BCUT2D eigenvalue weighted by atomic mass is 32.2. The maximum Gasteiger partial charge on any atom is 0.221 e. The van der Waals surface area contributed by atoms with Crippen LogP contribution in [0.3, 0.4) is 0 Å². The lowest BCUT2D eigenvalue weighted by Crippen LogP contribution is -2.05. The molecule has 8 heteroatoms. The molecule has 0 saturated carbocycles. The summed E-state index contributed by atoms with van der Waals surface area (Å²) in [7, 11) is 4.75. The minimum atomic E-state index is -0.105. The van der Waals surface area contributed by atoms with E-state index in [9.17, 15) is 4.79 Å². The first-order valence-corrected chi connectivity index (χ1v) is 10.0. The Morgan fingerprint density at radius 2 is 1.77 bits per heavy atom. The van der Waals surface area contributed by atoms with Crippen molar-refractivity contribution in [1.82, 2.24) is 9.97 Å². The van der Waals surface area contributed by atoms with Crippen LogP contribution in [-0.4, -0.2) is 37.2 Å². The van der Waals surface area contributed by atoms with Gasteiger partial charge in [-0.1, -0.05) is 17.8 Å². The minimum Gasteiger partial charge on any atom is -0.493 e. The zero-order chi connectivity index (χ0) is 21.5. The average Bonchev–Trinajstić information content (AvgIpc) is 2.73. The molecule has 3 aromatic rings. The molecule has 1 heterocycles. The molecule has 1 N–H and O–H groups in total. The van der Waals surface area contributed by atoms with Crippen molar-refractivity contribution in [3.05, 3.63) is 60.0 Å². The molecule has 0 aliphatic carbocycles. The van der Waals surface area contributed by atoms with Gasteiger partial charge in [-0.3, -0.25) is 4.79 Å². The highest BCUT2D eigenvalue weighted by molar-refractivity contribution is 7.99. The molecule has 7 nitrogen and oxygen atoms in total. The third-order valence-corrected chi connectivity index (χ3v) is 5.07. The number of nitrogens with zero attached hydrogens (tertiary/aromatic N) is 2. The molecule has 3 rings (SSSR count). The van der Waals surface area contributed by atoms with Crippen LogP contribution in [0.5, 0.6) is 17.2 Å². The largest absolute Gasteiger partial charge is 0.493 e. The fourth-order valence-electron chi connectivity index (χ4n) is 2.90. The summed E-state index contributed by atoms with van der Waals surface area (Å²) in [6, 6.07) is 13.3. The first-order valence-electron chi connectivity index (χ1n) is 9.18. The fourth-order valence-corrected chi connectivity index (χ4v) is 3.76. The second-order valence-electron chi connectivity index (χ2n) is 6.33. The zero-order valence-corrected chi connectivity index (χ0v) is 18.1. The Kier molecular flexibility index (Phi) is 7.13. The van der Waals surface area contributed by atoms with Gasteiger partial charge in [0, 0.05) is 30.1 Å². The van der Waals surface area contributed by atoms with Crippen molar-refractivity contribution in [1.29, 1.82) is 0 Å². The standard InChI is InChI=1S/C22H23N3O4S/c1-14(26)24-16-6-5-7-17(13-16)30-21-8-9-23-20(25-21)12-15-10-18(27-2)22(29-4)19(11-15)28-3/h5-11,13H,12H2,1-4H3,(H,24,26). The van der Waals surface area contributed by atoms with E-state index in [-0.39, 0.29) is 5.91 Å². The van der Waals surface area contributed by atoms with Gasteiger partial charge < -0.3 is 19.5 Å². The number of hydrogen-bond acceptors (Lipinski definition) is 7. The van der Waals surface area contributed by atoms with E-state index < -0.39 is 0 Å². The van der Waals surface area contributed by atoms with Gasteiger partial charge in [0.2, 0.25) is 11.7 Å². The number of rotatable bonds is 8. The Morgan fingerprint density at radius 1 is 1.03 bits per heavy atom. The SMILES string of the molecule is COc1cc(Cc2nccc(Sc3cccc(NC(C)=O)c3)n2)cc(OC)c1OC. The third-order valence-electron chi connectivity index (χ3n) is 4.14. The maximum atomic E-state index is 11.3. The fraction of sp³-hybridized carbons (Fsp3) is 0.227. The highest BCUT2D eigenvalue weighted by Gasteiger charge is 2.14. The van der Waals surface area contributed by atoms with Gasteiger partial charge in [0.1, 0.15) is 10.9 Å². The number of carbonyl (C=O) groups excluding carboxylic acids is 1. The number of amides is 1. The van der Waals surface area contributed by atoms with Crippen LogP contribution in [0.4, 0.5) is 5.69 Å². The summed E-state index contributed by atoms with van der Waals surface area (Å²) < 4.78 is 16.2. The minimum absolute atomic E-state index is 0.105. The number of ether oxygens (including phenoxy) is 3. The Bertz CT molecular complexity index is 1020. The molecule has 1 aromatic heterocycles. The molecular formula is C22H23N3O4S. The van der Waals surface area contributed by atoms with Crippen LogP contribution in [0.2, 0.25) is 0 Å². The number of carbonyl (C=O) groups is 1. The molecule has 2 aromatic carbocycles. The number of methoxy groups -OCH3 is 3. The lowest BCUT2D eigenvalue weighted by atomic mass is 10.1. The second kappa shape index (κ2) is 9.98. The molecule has 0 bridgehead atoms. The maximum absolute atomic E-state index is 11.3. The Morgan fingerprint density at radius 3 is 2.40 bits per heavy atom. The molecule has 0 unspecified atom stereocenters. The molecule has 0 atom stereocenters. The van der Waals surface area contributed by atoms with Crippen LogP contribution < -0.4 is 19.5 Å². The van der Waals surface area contributed by atoms with Crippen molar-refractivity contribution in [2.24, 2.45) is 0 Å². The van der Waals surface area contributed by atoms with Crippen LogP contribution >= 0.6 is 11.8 Å². The first kappa shape index (κ1) is 21.4. The van der Waals surface area contributed by atoms with Crippen molar-refractivity contribution < 1.29 is 19.0 Å². The smallest absolute Gasteiger partial charge is 0.221 e. The van der Waals surface area contributed by atoms with E-state index in [4.69, 9.17) is 14.2 Å². The molecule has 0 fully saturated rings. The molecule has 156 valence electrons. The van der Waals surface area contributed by atoms with Crippen molar-refractivity contribution in [2.75, 3.05) is 26.6 Å². The third kappa shape index (κ3) is 5.42. The van der Waals surface area contributed by atoms with Crippen LogP contribution in [0, 0.1) is 0 Å². The van der Waals surface area contributed by atoms with Crippen molar-refractivity contribution in [2.45, 2.75) is 23.3 Å². The summed E-state index contributed by atoms with van der Waals surface area (Å²) in [4.78, 5) is 21.3. The van der Waals surface area contributed by atoms with E-state index >= 15 is 0 Å². The molecule has 0 aliphatic rings. The summed E-state index contributed by atoms with van der Waals surface area (Å²) in [5, 5.41) is 3.60. The van der Waals surface area contributed by atoms with Crippen molar-refractivity contribution in [3.8, 4) is 17.2 Å². The summed E-state index contributed by atoms with van der Waals surface area (Å²) in [5.74, 6) is 2.30. The zero-order valence-electron chi connectivity index (χ0n) is 17.3. The molecule has 0 aliphatic heterocycles. The number of benzene rings is 2. The first-order chi connectivity index (χ1) is 14.5. The van der Waals surface area contributed by atoms with Crippen LogP contribution in [0.25, 0.3) is 0 Å². The van der Waals surface area contributed by atoms with Gasteiger partial charge in [-0.25, -0.2) is 9.97 Å². The van der Waals surface area contributed by atoms with Gasteiger partial charge in [0.05, 0.1) is 21.3 Å². The van der Waals surface area contributed by atoms with E-state index in [1.165, 1.54) is 18.7 Å². The van der Waals surface area contributed by atoms with E-state index in [2.05, 4.69) is 15.3 Å². The monoisotopic (exact) mass is 425 g/mol. The molecular weight excluding hydrogens is 402 g/mol. The normalized spacial score (nSPS) is 10.4. The lowest BCUT2D eigenvalue weighted by molar-refractivity contribution is -0.114. The topological polar surface area (TPSA) is 82.6 Å². The molecule has 30 heavy (non-hydrogen) atoms. The summed E-state index contributed by atoms with van der Waals surface area (Å²) in [5.41, 5.74) is 1.69. The van der Waals surface area contributed by atoms with E-state index in [1.54, 1.807) is 27.5 Å². The molecule has 1 amide bonds. The lowest BCUT2D eigenvalue weighted by Gasteiger charge is -2.14.